The van der Waals surface area contributed by atoms with Gasteiger partial charge in [0.25, 0.3) is 0 Å². The van der Waals surface area contributed by atoms with Crippen LogP contribution in [0.15, 0.2) is 47.1 Å². The third kappa shape index (κ3) is 4.09. The van der Waals surface area contributed by atoms with Crippen LogP contribution in [0.4, 0.5) is 10.1 Å². The second-order valence-corrected chi connectivity index (χ2v) is 5.56. The van der Waals surface area contributed by atoms with Crippen LogP contribution in [0.5, 0.6) is 11.5 Å². The Hall–Kier alpha value is -3.13. The van der Waals surface area contributed by atoms with Crippen LogP contribution < -0.4 is 14.8 Å². The summed E-state index contributed by atoms with van der Waals surface area (Å²) in [5.41, 5.74) is 0.941. The van der Waals surface area contributed by atoms with Gasteiger partial charge in [-0.15, -0.1) is 0 Å². The number of methoxy groups -OCH3 is 1. The topological polar surface area (TPSA) is 93.3 Å². The van der Waals surface area contributed by atoms with Crippen LogP contribution in [0.2, 0.25) is 5.02 Å². The van der Waals surface area contributed by atoms with Crippen molar-refractivity contribution in [2.24, 2.45) is 0 Å². The summed E-state index contributed by atoms with van der Waals surface area (Å²) in [6, 6.07) is 11.1. The molecule has 0 bridgehead atoms. The summed E-state index contributed by atoms with van der Waals surface area (Å²) in [6.07, 6.45) is 0. The van der Waals surface area contributed by atoms with E-state index >= 15 is 0 Å². The largest absolute Gasteiger partial charge is 0.497 e. The number of aromatic nitrogens is 2. The highest BCUT2D eigenvalue weighted by Gasteiger charge is 2.16. The highest BCUT2D eigenvalue weighted by molar-refractivity contribution is 6.31. The minimum absolute atomic E-state index is 0.0419. The molecular formula is C17H14ClFN4O3. The van der Waals surface area contributed by atoms with Crippen LogP contribution >= 0.6 is 11.6 Å². The number of benzene rings is 2. The molecule has 0 saturated carbocycles. The summed E-state index contributed by atoms with van der Waals surface area (Å²) in [5, 5.41) is 18.3. The minimum atomic E-state index is -0.542. The zero-order chi connectivity index (χ0) is 18.5. The molecule has 134 valence electrons. The maximum atomic E-state index is 13.2. The maximum absolute atomic E-state index is 13.2. The highest BCUT2D eigenvalue weighted by Crippen LogP contribution is 2.22. The zero-order valence-corrected chi connectivity index (χ0v) is 14.4. The van der Waals surface area contributed by atoms with Crippen molar-refractivity contribution < 1.29 is 18.5 Å². The SMILES string of the molecule is COc1cccc(OCc2nonc2C(=N)Nc2ccc(F)c(Cl)c2)c1. The molecule has 3 rings (SSSR count). The van der Waals surface area contributed by atoms with Gasteiger partial charge in [-0.2, -0.15) is 0 Å². The molecule has 3 aromatic rings. The fourth-order valence-corrected chi connectivity index (χ4v) is 2.29. The first-order valence-electron chi connectivity index (χ1n) is 7.46. The number of anilines is 1. The third-order valence-corrected chi connectivity index (χ3v) is 3.69. The van der Waals surface area contributed by atoms with Crippen molar-refractivity contribution in [1.29, 1.82) is 5.41 Å². The molecule has 0 aliphatic rings. The van der Waals surface area contributed by atoms with E-state index in [2.05, 4.69) is 15.6 Å². The van der Waals surface area contributed by atoms with Crippen LogP contribution in [0.1, 0.15) is 11.4 Å². The van der Waals surface area contributed by atoms with Crippen molar-refractivity contribution in [1.82, 2.24) is 10.3 Å². The van der Waals surface area contributed by atoms with Crippen molar-refractivity contribution in [3.63, 3.8) is 0 Å². The van der Waals surface area contributed by atoms with E-state index in [0.717, 1.165) is 0 Å². The first-order valence-corrected chi connectivity index (χ1v) is 7.84. The van der Waals surface area contributed by atoms with Crippen LogP contribution in [-0.4, -0.2) is 23.3 Å². The molecule has 7 nitrogen and oxygen atoms in total. The van der Waals surface area contributed by atoms with Gasteiger partial charge in [0.1, 0.15) is 23.9 Å². The summed E-state index contributed by atoms with van der Waals surface area (Å²) in [5.74, 6) is 0.601. The molecule has 0 radical (unpaired) electrons. The zero-order valence-electron chi connectivity index (χ0n) is 13.6. The lowest BCUT2D eigenvalue weighted by molar-refractivity contribution is 0.269. The minimum Gasteiger partial charge on any atom is -0.497 e. The molecule has 0 amide bonds. The molecule has 9 heteroatoms. The lowest BCUT2D eigenvalue weighted by Gasteiger charge is -2.08. The Labute approximate surface area is 153 Å². The van der Waals surface area contributed by atoms with Crippen molar-refractivity contribution in [3.05, 3.63) is 64.7 Å². The van der Waals surface area contributed by atoms with Crippen LogP contribution in [0.3, 0.4) is 0 Å². The van der Waals surface area contributed by atoms with Crippen LogP contribution in [0.25, 0.3) is 0 Å². The van der Waals surface area contributed by atoms with E-state index in [1.165, 1.54) is 18.2 Å². The van der Waals surface area contributed by atoms with Gasteiger partial charge in [0.15, 0.2) is 17.2 Å². The number of hydrogen-bond acceptors (Lipinski definition) is 6. The number of rotatable bonds is 6. The first-order chi connectivity index (χ1) is 12.6. The Morgan fingerprint density at radius 3 is 2.81 bits per heavy atom. The van der Waals surface area contributed by atoms with Gasteiger partial charge < -0.3 is 14.8 Å². The molecule has 0 fully saturated rings. The summed E-state index contributed by atoms with van der Waals surface area (Å²) >= 11 is 5.73. The van der Waals surface area contributed by atoms with Gasteiger partial charge in [0, 0.05) is 11.8 Å². The monoisotopic (exact) mass is 376 g/mol. The van der Waals surface area contributed by atoms with Gasteiger partial charge in [-0.1, -0.05) is 22.8 Å². The molecule has 0 unspecified atom stereocenters. The van der Waals surface area contributed by atoms with Crippen molar-refractivity contribution in [2.45, 2.75) is 6.61 Å². The molecular weight excluding hydrogens is 363 g/mol. The second-order valence-electron chi connectivity index (χ2n) is 5.16. The predicted molar refractivity (Wildman–Crippen MR) is 93.5 cm³/mol. The number of ether oxygens (including phenoxy) is 2. The Morgan fingerprint density at radius 2 is 2.04 bits per heavy atom. The Balaban J connectivity index is 1.69. The fraction of sp³-hybridized carbons (Fsp3) is 0.118. The van der Waals surface area contributed by atoms with Gasteiger partial charge in [-0.25, -0.2) is 9.02 Å². The summed E-state index contributed by atoms with van der Waals surface area (Å²) in [6.45, 7) is 0.0419. The smallest absolute Gasteiger partial charge is 0.176 e. The van der Waals surface area contributed by atoms with E-state index in [4.69, 9.17) is 31.1 Å². The predicted octanol–water partition coefficient (Wildman–Crippen LogP) is 3.89. The maximum Gasteiger partial charge on any atom is 0.176 e. The quantitative estimate of drug-likeness (QED) is 0.501. The van der Waals surface area contributed by atoms with Crippen LogP contribution in [0, 0.1) is 11.2 Å². The molecule has 0 spiro atoms. The highest BCUT2D eigenvalue weighted by atomic mass is 35.5. The van der Waals surface area contributed by atoms with Crippen molar-refractivity contribution >= 4 is 23.1 Å². The van der Waals surface area contributed by atoms with Gasteiger partial charge >= 0.3 is 0 Å². The number of halogens is 2. The molecule has 0 atom stereocenters. The summed E-state index contributed by atoms with van der Waals surface area (Å²) in [4.78, 5) is 0. The van der Waals surface area contributed by atoms with E-state index in [1.54, 1.807) is 31.4 Å². The molecule has 26 heavy (non-hydrogen) atoms. The molecule has 0 aliphatic heterocycles. The Kier molecular flexibility index (Phi) is 5.33. The lowest BCUT2D eigenvalue weighted by Crippen LogP contribution is -2.15. The van der Waals surface area contributed by atoms with Gasteiger partial charge in [0.05, 0.1) is 12.1 Å². The molecule has 2 N–H and O–H groups in total. The number of nitrogens with zero attached hydrogens (tertiary/aromatic N) is 2. The number of hydrogen-bond donors (Lipinski definition) is 2. The molecule has 1 aromatic heterocycles. The third-order valence-electron chi connectivity index (χ3n) is 3.40. The second kappa shape index (κ2) is 7.83. The van der Waals surface area contributed by atoms with E-state index in [1.807, 2.05) is 0 Å². The average Bonchev–Trinajstić information content (AvgIpc) is 3.12. The number of nitrogens with one attached hydrogen (secondary N) is 2. The Morgan fingerprint density at radius 1 is 1.23 bits per heavy atom. The van der Waals surface area contributed by atoms with E-state index in [-0.39, 0.29) is 23.2 Å². The van der Waals surface area contributed by atoms with Crippen LogP contribution in [-0.2, 0) is 6.61 Å². The van der Waals surface area contributed by atoms with E-state index in [9.17, 15) is 4.39 Å². The normalized spacial score (nSPS) is 10.4. The molecule has 1 heterocycles. The first kappa shape index (κ1) is 17.7. The lowest BCUT2D eigenvalue weighted by atomic mass is 10.2. The number of amidine groups is 1. The molecule has 2 aromatic carbocycles. The molecule has 0 saturated heterocycles. The Bertz CT molecular complexity index is 932. The van der Waals surface area contributed by atoms with Crippen molar-refractivity contribution in [3.8, 4) is 11.5 Å². The van der Waals surface area contributed by atoms with Gasteiger partial charge in [-0.3, -0.25) is 5.41 Å². The summed E-state index contributed by atoms with van der Waals surface area (Å²) < 4.78 is 28.7. The average molecular weight is 377 g/mol. The van der Waals surface area contributed by atoms with E-state index < -0.39 is 5.82 Å². The molecule has 0 aliphatic carbocycles. The van der Waals surface area contributed by atoms with Gasteiger partial charge in [-0.05, 0) is 35.5 Å². The fourth-order valence-electron chi connectivity index (χ4n) is 2.11. The van der Waals surface area contributed by atoms with E-state index in [0.29, 0.717) is 22.9 Å². The van der Waals surface area contributed by atoms with Gasteiger partial charge in [0.2, 0.25) is 0 Å². The standard InChI is InChI=1S/C17H14ClFN4O3/c1-24-11-3-2-4-12(8-11)25-9-15-16(23-26-22-15)17(20)21-10-5-6-14(19)13(18)7-10/h2-8H,9H2,1H3,(H2,20,21). The van der Waals surface area contributed by atoms with Crippen molar-refractivity contribution in [2.75, 3.05) is 12.4 Å². The summed E-state index contributed by atoms with van der Waals surface area (Å²) in [7, 11) is 1.56.